The Morgan fingerprint density at radius 1 is 1.06 bits per heavy atom. The summed E-state index contributed by atoms with van der Waals surface area (Å²) in [5, 5.41) is 3.76. The van der Waals surface area contributed by atoms with Crippen molar-refractivity contribution < 1.29 is 4.74 Å². The highest BCUT2D eigenvalue weighted by Gasteiger charge is 2.35. The van der Waals surface area contributed by atoms with Crippen LogP contribution in [0.4, 0.5) is 0 Å². The molecule has 0 heterocycles. The van der Waals surface area contributed by atoms with Gasteiger partial charge in [-0.05, 0) is 51.4 Å². The van der Waals surface area contributed by atoms with E-state index in [1.165, 1.54) is 38.5 Å². The summed E-state index contributed by atoms with van der Waals surface area (Å²) in [6.07, 6.45) is 9.00. The maximum absolute atomic E-state index is 5.38. The van der Waals surface area contributed by atoms with E-state index >= 15 is 0 Å². The Balaban J connectivity index is 1.75. The number of hydrogen-bond acceptors (Lipinski definition) is 2. The summed E-state index contributed by atoms with van der Waals surface area (Å²) in [6.45, 7) is 4.40. The van der Waals surface area contributed by atoms with Gasteiger partial charge in [-0.15, -0.1) is 0 Å². The smallest absolute Gasteiger partial charge is 0.0693 e. The first kappa shape index (κ1) is 12.4. The van der Waals surface area contributed by atoms with Crippen LogP contribution in [-0.2, 0) is 4.74 Å². The number of hydrogen-bond donors (Lipinski definition) is 1. The van der Waals surface area contributed by atoms with Crippen molar-refractivity contribution in [2.45, 2.75) is 70.6 Å². The van der Waals surface area contributed by atoms with E-state index in [1.807, 2.05) is 0 Å². The molecule has 2 saturated carbocycles. The van der Waals surface area contributed by atoms with E-state index in [1.54, 1.807) is 7.11 Å². The predicted octanol–water partition coefficient (Wildman–Crippen LogP) is 2.97. The standard InChI is InChI=1S/C14H27NO/c1-10(11(2)16-3)15-14-6-4-5-13(9-14)12-7-8-12/h10-15H,4-9H2,1-3H3. The summed E-state index contributed by atoms with van der Waals surface area (Å²) in [5.41, 5.74) is 0. The van der Waals surface area contributed by atoms with Crippen LogP contribution in [0.5, 0.6) is 0 Å². The molecular formula is C14H27NO. The second kappa shape index (κ2) is 5.50. The average molecular weight is 225 g/mol. The minimum absolute atomic E-state index is 0.321. The first-order valence-electron chi connectivity index (χ1n) is 6.99. The Bertz CT molecular complexity index is 215. The second-order valence-electron chi connectivity index (χ2n) is 5.86. The zero-order valence-corrected chi connectivity index (χ0v) is 11.0. The molecule has 0 radical (unpaired) electrons. The number of ether oxygens (including phenoxy) is 1. The highest BCUT2D eigenvalue weighted by atomic mass is 16.5. The summed E-state index contributed by atoms with van der Waals surface area (Å²) in [7, 11) is 1.80. The van der Waals surface area contributed by atoms with E-state index in [-0.39, 0.29) is 0 Å². The van der Waals surface area contributed by atoms with Crippen molar-refractivity contribution in [3.63, 3.8) is 0 Å². The SMILES string of the molecule is COC(C)C(C)NC1CCCC(C2CC2)C1. The van der Waals surface area contributed by atoms with Crippen LogP contribution < -0.4 is 5.32 Å². The van der Waals surface area contributed by atoms with Crippen LogP contribution in [-0.4, -0.2) is 25.3 Å². The molecule has 0 spiro atoms. The van der Waals surface area contributed by atoms with Gasteiger partial charge in [-0.25, -0.2) is 0 Å². The number of rotatable bonds is 5. The second-order valence-corrected chi connectivity index (χ2v) is 5.86. The Kier molecular flexibility index (Phi) is 4.26. The van der Waals surface area contributed by atoms with Crippen LogP contribution in [0, 0.1) is 11.8 Å². The third-order valence-electron chi connectivity index (χ3n) is 4.58. The first-order chi connectivity index (χ1) is 7.70. The molecule has 0 amide bonds. The van der Waals surface area contributed by atoms with E-state index < -0.39 is 0 Å². The van der Waals surface area contributed by atoms with Gasteiger partial charge in [0, 0.05) is 19.2 Å². The normalized spacial score (nSPS) is 34.7. The lowest BCUT2D eigenvalue weighted by Gasteiger charge is -2.33. The fourth-order valence-electron chi connectivity index (χ4n) is 3.09. The van der Waals surface area contributed by atoms with Crippen LogP contribution in [0.1, 0.15) is 52.4 Å². The zero-order valence-electron chi connectivity index (χ0n) is 11.0. The van der Waals surface area contributed by atoms with E-state index in [0.29, 0.717) is 12.1 Å². The van der Waals surface area contributed by atoms with Crippen LogP contribution in [0.2, 0.25) is 0 Å². The van der Waals surface area contributed by atoms with Gasteiger partial charge in [0.15, 0.2) is 0 Å². The molecule has 0 aromatic heterocycles. The molecular weight excluding hydrogens is 198 g/mol. The molecule has 1 N–H and O–H groups in total. The largest absolute Gasteiger partial charge is 0.380 e. The van der Waals surface area contributed by atoms with Crippen LogP contribution >= 0.6 is 0 Å². The lowest BCUT2D eigenvalue weighted by molar-refractivity contribution is 0.0794. The van der Waals surface area contributed by atoms with Gasteiger partial charge >= 0.3 is 0 Å². The van der Waals surface area contributed by atoms with Gasteiger partial charge in [0.2, 0.25) is 0 Å². The predicted molar refractivity (Wildman–Crippen MR) is 67.5 cm³/mol. The average Bonchev–Trinajstić information content (AvgIpc) is 3.12. The Morgan fingerprint density at radius 2 is 1.81 bits per heavy atom. The Labute approximate surface area is 100 Å². The maximum Gasteiger partial charge on any atom is 0.0693 e. The Morgan fingerprint density at radius 3 is 2.44 bits per heavy atom. The summed E-state index contributed by atoms with van der Waals surface area (Å²) in [4.78, 5) is 0. The molecule has 0 bridgehead atoms. The molecule has 0 aliphatic heterocycles. The van der Waals surface area contributed by atoms with Gasteiger partial charge in [-0.2, -0.15) is 0 Å². The van der Waals surface area contributed by atoms with Gasteiger partial charge in [0.25, 0.3) is 0 Å². The molecule has 2 aliphatic carbocycles. The van der Waals surface area contributed by atoms with E-state index in [9.17, 15) is 0 Å². The summed E-state index contributed by atoms with van der Waals surface area (Å²) < 4.78 is 5.38. The molecule has 2 rings (SSSR count). The topological polar surface area (TPSA) is 21.3 Å². The third kappa shape index (κ3) is 3.21. The summed E-state index contributed by atoms with van der Waals surface area (Å²) in [6, 6.07) is 1.22. The molecule has 0 saturated heterocycles. The molecule has 4 atom stereocenters. The Hall–Kier alpha value is -0.0800. The van der Waals surface area contributed by atoms with E-state index in [4.69, 9.17) is 4.74 Å². The van der Waals surface area contributed by atoms with Gasteiger partial charge in [0.1, 0.15) is 0 Å². The molecule has 0 aromatic carbocycles. The molecule has 2 aliphatic rings. The molecule has 2 heteroatoms. The van der Waals surface area contributed by atoms with Crippen molar-refractivity contribution in [1.29, 1.82) is 0 Å². The van der Waals surface area contributed by atoms with Crippen molar-refractivity contribution in [2.24, 2.45) is 11.8 Å². The van der Waals surface area contributed by atoms with Crippen LogP contribution in [0.15, 0.2) is 0 Å². The monoisotopic (exact) mass is 225 g/mol. The fraction of sp³-hybridized carbons (Fsp3) is 1.00. The summed E-state index contributed by atoms with van der Waals surface area (Å²) in [5.74, 6) is 2.11. The van der Waals surface area contributed by atoms with Crippen LogP contribution in [0.3, 0.4) is 0 Å². The van der Waals surface area contributed by atoms with Crippen molar-refractivity contribution in [1.82, 2.24) is 5.32 Å². The minimum atomic E-state index is 0.321. The van der Waals surface area contributed by atoms with Crippen molar-refractivity contribution in [3.8, 4) is 0 Å². The number of nitrogens with one attached hydrogen (secondary N) is 1. The van der Waals surface area contributed by atoms with Gasteiger partial charge in [-0.1, -0.05) is 12.8 Å². The van der Waals surface area contributed by atoms with Gasteiger partial charge < -0.3 is 10.1 Å². The highest BCUT2D eigenvalue weighted by Crippen LogP contribution is 2.43. The minimum Gasteiger partial charge on any atom is -0.380 e. The van der Waals surface area contributed by atoms with Crippen molar-refractivity contribution in [3.05, 3.63) is 0 Å². The summed E-state index contributed by atoms with van der Waals surface area (Å²) >= 11 is 0. The highest BCUT2D eigenvalue weighted by molar-refractivity contribution is 4.89. The molecule has 2 fully saturated rings. The maximum atomic E-state index is 5.38. The lowest BCUT2D eigenvalue weighted by Crippen LogP contribution is -2.45. The van der Waals surface area contributed by atoms with Crippen molar-refractivity contribution in [2.75, 3.05) is 7.11 Å². The van der Waals surface area contributed by atoms with E-state index in [2.05, 4.69) is 19.2 Å². The van der Waals surface area contributed by atoms with Gasteiger partial charge in [-0.3, -0.25) is 0 Å². The molecule has 16 heavy (non-hydrogen) atoms. The van der Waals surface area contributed by atoms with Gasteiger partial charge in [0.05, 0.1) is 6.10 Å². The number of methoxy groups -OCH3 is 1. The molecule has 2 nitrogen and oxygen atoms in total. The third-order valence-corrected chi connectivity index (χ3v) is 4.58. The lowest BCUT2D eigenvalue weighted by atomic mass is 9.82. The first-order valence-corrected chi connectivity index (χ1v) is 6.99. The van der Waals surface area contributed by atoms with Crippen LogP contribution in [0.25, 0.3) is 0 Å². The molecule has 4 unspecified atom stereocenters. The molecule has 94 valence electrons. The molecule has 0 aromatic rings. The van der Waals surface area contributed by atoms with Crippen molar-refractivity contribution >= 4 is 0 Å². The van der Waals surface area contributed by atoms with E-state index in [0.717, 1.165) is 17.9 Å². The zero-order chi connectivity index (χ0) is 11.5. The quantitative estimate of drug-likeness (QED) is 0.776. The fourth-order valence-corrected chi connectivity index (χ4v) is 3.09.